The summed E-state index contributed by atoms with van der Waals surface area (Å²) in [5, 5.41) is 0. The lowest BCUT2D eigenvalue weighted by Crippen LogP contribution is -2.43. The van der Waals surface area contributed by atoms with Crippen molar-refractivity contribution in [2.24, 2.45) is 0 Å². The van der Waals surface area contributed by atoms with Gasteiger partial charge in [0.15, 0.2) is 9.84 Å². The summed E-state index contributed by atoms with van der Waals surface area (Å²) in [5.74, 6) is 0.616. The van der Waals surface area contributed by atoms with E-state index < -0.39 is 19.9 Å². The molecule has 0 radical (unpaired) electrons. The molecule has 9 heteroatoms. The maximum Gasteiger partial charge on any atom is 0.243 e. The Morgan fingerprint density at radius 3 is 2.24 bits per heavy atom. The number of sulfonamides is 1. The number of ether oxygens (including phenoxy) is 1. The summed E-state index contributed by atoms with van der Waals surface area (Å²) >= 11 is 5.50. The van der Waals surface area contributed by atoms with E-state index in [-0.39, 0.29) is 29.5 Å². The Hall–Kier alpha value is -0.830. The lowest BCUT2D eigenvalue weighted by molar-refractivity contribution is 0.342. The zero-order chi connectivity index (χ0) is 15.5. The highest BCUT2D eigenvalue weighted by Gasteiger charge is 2.31. The molecule has 1 heterocycles. The van der Waals surface area contributed by atoms with Crippen LogP contribution in [0.5, 0.6) is 5.75 Å². The van der Waals surface area contributed by atoms with Crippen LogP contribution in [-0.4, -0.2) is 58.2 Å². The molecule has 0 aliphatic carbocycles. The van der Waals surface area contributed by atoms with Crippen LogP contribution in [0.25, 0.3) is 0 Å². The van der Waals surface area contributed by atoms with Gasteiger partial charge >= 0.3 is 0 Å². The van der Waals surface area contributed by atoms with Crippen molar-refractivity contribution in [1.82, 2.24) is 4.31 Å². The zero-order valence-electron chi connectivity index (χ0n) is 11.2. The quantitative estimate of drug-likeness (QED) is 0.729. The van der Waals surface area contributed by atoms with E-state index in [1.165, 1.54) is 16.4 Å². The highest BCUT2D eigenvalue weighted by Crippen LogP contribution is 2.21. The van der Waals surface area contributed by atoms with E-state index in [0.717, 1.165) is 0 Å². The molecule has 0 atom stereocenters. The van der Waals surface area contributed by atoms with Crippen LogP contribution in [0.3, 0.4) is 0 Å². The van der Waals surface area contributed by atoms with Crippen LogP contribution in [0.1, 0.15) is 0 Å². The summed E-state index contributed by atoms with van der Waals surface area (Å²) in [4.78, 5) is 0.125. The number of benzene rings is 1. The van der Waals surface area contributed by atoms with Crippen LogP contribution in [0, 0.1) is 0 Å². The Kier molecular flexibility index (Phi) is 5.13. The van der Waals surface area contributed by atoms with Crippen molar-refractivity contribution in [2.45, 2.75) is 4.90 Å². The van der Waals surface area contributed by atoms with E-state index in [1.807, 2.05) is 0 Å². The predicted octanol–water partition coefficient (Wildman–Crippen LogP) is 0.723. The topological polar surface area (TPSA) is 80.8 Å². The average molecular weight is 354 g/mol. The van der Waals surface area contributed by atoms with E-state index in [0.29, 0.717) is 18.2 Å². The van der Waals surface area contributed by atoms with Gasteiger partial charge in [-0.25, -0.2) is 16.8 Å². The standard InChI is InChI=1S/C12H16ClNO5S2/c13-5-8-19-11-1-3-12(4-2-11)21(17,18)14-6-9-20(15,16)10-7-14/h1-4H,5-10H2. The van der Waals surface area contributed by atoms with Gasteiger partial charge in [-0.1, -0.05) is 0 Å². The molecule has 0 N–H and O–H groups in total. The summed E-state index contributed by atoms with van der Waals surface area (Å²) in [6, 6.07) is 6.00. The second kappa shape index (κ2) is 6.51. The van der Waals surface area contributed by atoms with Gasteiger partial charge in [0.2, 0.25) is 10.0 Å². The first-order valence-electron chi connectivity index (χ1n) is 6.34. The fraction of sp³-hybridized carbons (Fsp3) is 0.500. The summed E-state index contributed by atoms with van der Waals surface area (Å²) in [6.07, 6.45) is 0. The molecule has 0 amide bonds. The number of hydrogen-bond donors (Lipinski definition) is 0. The molecule has 1 aliphatic heterocycles. The number of nitrogens with zero attached hydrogens (tertiary/aromatic N) is 1. The van der Waals surface area contributed by atoms with Crippen molar-refractivity contribution in [3.05, 3.63) is 24.3 Å². The number of rotatable bonds is 5. The SMILES string of the molecule is O=S1(=O)CCN(S(=O)(=O)c2ccc(OCCCl)cc2)CC1. The fourth-order valence-corrected chi connectivity index (χ4v) is 4.90. The molecule has 6 nitrogen and oxygen atoms in total. The van der Waals surface area contributed by atoms with Crippen molar-refractivity contribution in [3.63, 3.8) is 0 Å². The van der Waals surface area contributed by atoms with E-state index in [4.69, 9.17) is 16.3 Å². The molecule has 0 aromatic heterocycles. The van der Waals surface area contributed by atoms with Gasteiger partial charge < -0.3 is 4.74 Å². The van der Waals surface area contributed by atoms with Crippen LogP contribution >= 0.6 is 11.6 Å². The highest BCUT2D eigenvalue weighted by molar-refractivity contribution is 7.92. The largest absolute Gasteiger partial charge is 0.492 e. The molecule has 1 aliphatic rings. The number of alkyl halides is 1. The van der Waals surface area contributed by atoms with Crippen LogP contribution in [0.4, 0.5) is 0 Å². The first-order valence-corrected chi connectivity index (χ1v) is 10.1. The Morgan fingerprint density at radius 1 is 1.14 bits per heavy atom. The molecule has 1 aromatic rings. The second-order valence-corrected chi connectivity index (χ2v) is 9.18. The summed E-state index contributed by atoms with van der Waals surface area (Å²) in [5.41, 5.74) is 0. The number of hydrogen-bond acceptors (Lipinski definition) is 5. The molecule has 0 bridgehead atoms. The first kappa shape index (κ1) is 16.5. The van der Waals surface area contributed by atoms with Crippen molar-refractivity contribution >= 4 is 31.5 Å². The van der Waals surface area contributed by atoms with Gasteiger partial charge in [-0.3, -0.25) is 0 Å². The Morgan fingerprint density at radius 2 is 1.71 bits per heavy atom. The molecular formula is C12H16ClNO5S2. The minimum Gasteiger partial charge on any atom is -0.492 e. The van der Waals surface area contributed by atoms with E-state index in [2.05, 4.69) is 0 Å². The third kappa shape index (κ3) is 4.09. The van der Waals surface area contributed by atoms with Gasteiger partial charge in [-0.2, -0.15) is 4.31 Å². The summed E-state index contributed by atoms with van der Waals surface area (Å²) in [6.45, 7) is 0.335. The van der Waals surface area contributed by atoms with E-state index in [9.17, 15) is 16.8 Å². The molecule has 0 spiro atoms. The molecule has 0 unspecified atom stereocenters. The zero-order valence-corrected chi connectivity index (χ0v) is 13.6. The number of halogens is 1. The predicted molar refractivity (Wildman–Crippen MR) is 80.1 cm³/mol. The lowest BCUT2D eigenvalue weighted by Gasteiger charge is -2.25. The van der Waals surface area contributed by atoms with Crippen LogP contribution in [0.15, 0.2) is 29.2 Å². The minimum absolute atomic E-state index is 0.00480. The molecular weight excluding hydrogens is 338 g/mol. The van der Waals surface area contributed by atoms with Gasteiger partial charge in [0.1, 0.15) is 12.4 Å². The normalized spacial score (nSPS) is 19.3. The van der Waals surface area contributed by atoms with E-state index >= 15 is 0 Å². The monoisotopic (exact) mass is 353 g/mol. The minimum atomic E-state index is -3.66. The van der Waals surface area contributed by atoms with Crippen LogP contribution in [-0.2, 0) is 19.9 Å². The summed E-state index contributed by atoms with van der Waals surface area (Å²) < 4.78 is 54.0. The molecule has 1 saturated heterocycles. The van der Waals surface area contributed by atoms with Gasteiger partial charge in [-0.05, 0) is 24.3 Å². The Bertz CT molecular complexity index is 671. The third-order valence-electron chi connectivity index (χ3n) is 3.11. The number of sulfone groups is 1. The molecule has 0 saturated carbocycles. The molecule has 1 fully saturated rings. The van der Waals surface area contributed by atoms with Crippen molar-refractivity contribution in [2.75, 3.05) is 37.1 Å². The third-order valence-corrected chi connectivity index (χ3v) is 6.79. The van der Waals surface area contributed by atoms with Crippen LogP contribution < -0.4 is 4.74 Å². The molecule has 2 rings (SSSR count). The fourth-order valence-electron chi connectivity index (χ4n) is 1.95. The summed E-state index contributed by atoms with van der Waals surface area (Å²) in [7, 11) is -6.78. The molecule has 21 heavy (non-hydrogen) atoms. The molecule has 118 valence electrons. The maximum atomic E-state index is 12.4. The maximum absolute atomic E-state index is 12.4. The van der Waals surface area contributed by atoms with Gasteiger partial charge in [0.05, 0.1) is 22.3 Å². The highest BCUT2D eigenvalue weighted by atomic mass is 35.5. The van der Waals surface area contributed by atoms with Gasteiger partial charge in [-0.15, -0.1) is 11.6 Å². The van der Waals surface area contributed by atoms with Crippen molar-refractivity contribution < 1.29 is 21.6 Å². The second-order valence-electron chi connectivity index (χ2n) is 4.56. The van der Waals surface area contributed by atoms with Gasteiger partial charge in [0.25, 0.3) is 0 Å². The Balaban J connectivity index is 2.12. The van der Waals surface area contributed by atoms with Crippen molar-refractivity contribution in [3.8, 4) is 5.75 Å². The van der Waals surface area contributed by atoms with Gasteiger partial charge in [0, 0.05) is 13.1 Å². The van der Waals surface area contributed by atoms with Crippen LogP contribution in [0.2, 0.25) is 0 Å². The smallest absolute Gasteiger partial charge is 0.243 e. The Labute approximate surface area is 129 Å². The van der Waals surface area contributed by atoms with E-state index in [1.54, 1.807) is 12.1 Å². The lowest BCUT2D eigenvalue weighted by atomic mass is 10.3. The molecule has 1 aromatic carbocycles. The average Bonchev–Trinajstić information content (AvgIpc) is 2.45. The van der Waals surface area contributed by atoms with Crippen molar-refractivity contribution in [1.29, 1.82) is 0 Å². The first-order chi connectivity index (χ1) is 9.85.